The van der Waals surface area contributed by atoms with E-state index in [0.29, 0.717) is 11.3 Å². The first-order chi connectivity index (χ1) is 13.5. The molecule has 146 valence electrons. The maximum Gasteiger partial charge on any atom is 0.262 e. The van der Waals surface area contributed by atoms with Crippen LogP contribution in [-0.4, -0.2) is 21.5 Å². The molecule has 0 saturated heterocycles. The van der Waals surface area contributed by atoms with Gasteiger partial charge in [-0.15, -0.1) is 11.3 Å². The van der Waals surface area contributed by atoms with Crippen LogP contribution >= 0.6 is 11.3 Å². The van der Waals surface area contributed by atoms with E-state index in [1.165, 1.54) is 28.7 Å². The van der Waals surface area contributed by atoms with Crippen LogP contribution in [0.3, 0.4) is 0 Å². The van der Waals surface area contributed by atoms with Crippen molar-refractivity contribution in [1.29, 1.82) is 0 Å². The number of thiophene rings is 1. The van der Waals surface area contributed by atoms with E-state index in [2.05, 4.69) is 17.2 Å². The SMILES string of the molecule is Cc1c(-c2ccccc2)sc2ncn(CC(=O)N[C@H]3CCCC[C@@H]3C)c(=O)c12. The Labute approximate surface area is 168 Å². The molecule has 0 unspecified atom stereocenters. The van der Waals surface area contributed by atoms with Crippen molar-refractivity contribution in [2.24, 2.45) is 5.92 Å². The molecular weight excluding hydrogens is 370 g/mol. The first kappa shape index (κ1) is 18.9. The smallest absolute Gasteiger partial charge is 0.262 e. The summed E-state index contributed by atoms with van der Waals surface area (Å²) in [6.45, 7) is 4.16. The van der Waals surface area contributed by atoms with E-state index in [0.717, 1.165) is 40.1 Å². The number of rotatable bonds is 4. The molecule has 5 nitrogen and oxygen atoms in total. The fraction of sp³-hybridized carbons (Fsp3) is 0.409. The quantitative estimate of drug-likeness (QED) is 0.722. The number of aromatic nitrogens is 2. The number of carbonyl (C=O) groups is 1. The summed E-state index contributed by atoms with van der Waals surface area (Å²) in [5.41, 5.74) is 1.87. The second-order valence-electron chi connectivity index (χ2n) is 7.72. The minimum Gasteiger partial charge on any atom is -0.352 e. The van der Waals surface area contributed by atoms with Crippen LogP contribution in [0.4, 0.5) is 0 Å². The third-order valence-electron chi connectivity index (χ3n) is 5.73. The van der Waals surface area contributed by atoms with Crippen molar-refractivity contribution in [2.45, 2.75) is 52.1 Å². The number of hydrogen-bond donors (Lipinski definition) is 1. The summed E-state index contributed by atoms with van der Waals surface area (Å²) >= 11 is 1.52. The van der Waals surface area contributed by atoms with E-state index in [4.69, 9.17) is 0 Å². The summed E-state index contributed by atoms with van der Waals surface area (Å²) in [5.74, 6) is 0.376. The second-order valence-corrected chi connectivity index (χ2v) is 8.71. The standard InChI is InChI=1S/C22H25N3O2S/c1-14-8-6-7-11-17(14)24-18(26)12-25-13-23-21-19(22(25)27)15(2)20(28-21)16-9-4-3-5-10-16/h3-5,9-10,13-14,17H,6-8,11-12H2,1-2H3,(H,24,26)/t14-,17-/m0/s1. The summed E-state index contributed by atoms with van der Waals surface area (Å²) in [7, 11) is 0. The fourth-order valence-corrected chi connectivity index (χ4v) is 5.22. The average molecular weight is 396 g/mol. The van der Waals surface area contributed by atoms with E-state index in [9.17, 15) is 9.59 Å². The summed E-state index contributed by atoms with van der Waals surface area (Å²) in [6, 6.07) is 10.2. The number of nitrogens with one attached hydrogen (secondary N) is 1. The maximum absolute atomic E-state index is 13.0. The van der Waals surface area contributed by atoms with Gasteiger partial charge in [-0.3, -0.25) is 14.2 Å². The van der Waals surface area contributed by atoms with E-state index >= 15 is 0 Å². The van der Waals surface area contributed by atoms with Crippen molar-refractivity contribution in [3.05, 3.63) is 52.6 Å². The van der Waals surface area contributed by atoms with Gasteiger partial charge in [-0.25, -0.2) is 4.98 Å². The van der Waals surface area contributed by atoms with Gasteiger partial charge in [0, 0.05) is 10.9 Å². The number of amides is 1. The van der Waals surface area contributed by atoms with Crippen LogP contribution in [0.25, 0.3) is 20.7 Å². The molecule has 2 heterocycles. The minimum atomic E-state index is -0.146. The van der Waals surface area contributed by atoms with Gasteiger partial charge in [0.2, 0.25) is 5.91 Å². The Balaban J connectivity index is 1.60. The third kappa shape index (κ3) is 3.61. The van der Waals surface area contributed by atoms with Crippen LogP contribution in [0.1, 0.15) is 38.2 Å². The number of aryl methyl sites for hydroxylation is 1. The fourth-order valence-electron chi connectivity index (χ4n) is 4.07. The molecule has 2 atom stereocenters. The normalized spacial score (nSPS) is 19.6. The number of benzene rings is 1. The molecule has 1 saturated carbocycles. The molecule has 1 fully saturated rings. The van der Waals surface area contributed by atoms with Crippen molar-refractivity contribution in [3.63, 3.8) is 0 Å². The summed E-state index contributed by atoms with van der Waals surface area (Å²) < 4.78 is 1.43. The zero-order chi connectivity index (χ0) is 19.7. The van der Waals surface area contributed by atoms with Crippen LogP contribution in [-0.2, 0) is 11.3 Å². The molecular formula is C22H25N3O2S. The third-order valence-corrected chi connectivity index (χ3v) is 6.97. The van der Waals surface area contributed by atoms with Gasteiger partial charge in [-0.2, -0.15) is 0 Å². The predicted octanol–water partition coefficient (Wildman–Crippen LogP) is 4.13. The molecule has 0 aliphatic heterocycles. The van der Waals surface area contributed by atoms with Gasteiger partial charge in [-0.1, -0.05) is 50.1 Å². The molecule has 1 aliphatic carbocycles. The average Bonchev–Trinajstić information content (AvgIpc) is 3.04. The highest BCUT2D eigenvalue weighted by molar-refractivity contribution is 7.22. The Morgan fingerprint density at radius 1 is 1.25 bits per heavy atom. The molecule has 1 aromatic carbocycles. The highest BCUT2D eigenvalue weighted by Gasteiger charge is 2.23. The number of fused-ring (bicyclic) bond motifs is 1. The molecule has 6 heteroatoms. The van der Waals surface area contributed by atoms with Crippen molar-refractivity contribution in [3.8, 4) is 10.4 Å². The van der Waals surface area contributed by atoms with Gasteiger partial charge in [0.25, 0.3) is 5.56 Å². The Bertz CT molecular complexity index is 1050. The van der Waals surface area contributed by atoms with E-state index in [-0.39, 0.29) is 24.1 Å². The molecule has 0 bridgehead atoms. The maximum atomic E-state index is 13.0. The first-order valence-corrected chi connectivity index (χ1v) is 10.7. The molecule has 3 aromatic rings. The summed E-state index contributed by atoms with van der Waals surface area (Å²) in [4.78, 5) is 31.8. The topological polar surface area (TPSA) is 64.0 Å². The van der Waals surface area contributed by atoms with E-state index < -0.39 is 0 Å². The highest BCUT2D eigenvalue weighted by Crippen LogP contribution is 2.35. The Kier molecular flexibility index (Phi) is 5.31. The lowest BCUT2D eigenvalue weighted by Crippen LogP contribution is -2.43. The zero-order valence-electron chi connectivity index (χ0n) is 16.3. The zero-order valence-corrected chi connectivity index (χ0v) is 17.1. The lowest BCUT2D eigenvalue weighted by atomic mass is 9.86. The van der Waals surface area contributed by atoms with Gasteiger partial charge >= 0.3 is 0 Å². The van der Waals surface area contributed by atoms with E-state index in [1.54, 1.807) is 0 Å². The van der Waals surface area contributed by atoms with Crippen molar-refractivity contribution in [2.75, 3.05) is 0 Å². The van der Waals surface area contributed by atoms with Crippen LogP contribution in [0.15, 0.2) is 41.5 Å². The molecule has 28 heavy (non-hydrogen) atoms. The number of hydrogen-bond acceptors (Lipinski definition) is 4. The van der Waals surface area contributed by atoms with Crippen LogP contribution in [0, 0.1) is 12.8 Å². The van der Waals surface area contributed by atoms with Crippen LogP contribution in [0.2, 0.25) is 0 Å². The highest BCUT2D eigenvalue weighted by atomic mass is 32.1. The van der Waals surface area contributed by atoms with Crippen molar-refractivity contribution >= 4 is 27.5 Å². The van der Waals surface area contributed by atoms with Crippen LogP contribution < -0.4 is 10.9 Å². The van der Waals surface area contributed by atoms with E-state index in [1.807, 2.05) is 37.3 Å². The largest absolute Gasteiger partial charge is 0.352 e. The molecule has 1 aliphatic rings. The van der Waals surface area contributed by atoms with Gasteiger partial charge in [0.05, 0.1) is 11.7 Å². The molecule has 0 radical (unpaired) electrons. The van der Waals surface area contributed by atoms with Crippen LogP contribution in [0.5, 0.6) is 0 Å². The molecule has 1 N–H and O–H groups in total. The first-order valence-electron chi connectivity index (χ1n) is 9.88. The summed E-state index contributed by atoms with van der Waals surface area (Å²) in [5, 5.41) is 3.73. The van der Waals surface area contributed by atoms with Gasteiger partial charge in [0.1, 0.15) is 11.4 Å². The number of carbonyl (C=O) groups excluding carboxylic acids is 1. The van der Waals surface area contributed by atoms with Gasteiger partial charge < -0.3 is 5.32 Å². The minimum absolute atomic E-state index is 0.0148. The predicted molar refractivity (Wildman–Crippen MR) is 114 cm³/mol. The molecule has 2 aromatic heterocycles. The monoisotopic (exact) mass is 395 g/mol. The lowest BCUT2D eigenvalue weighted by molar-refractivity contribution is -0.123. The van der Waals surface area contributed by atoms with Crippen molar-refractivity contribution < 1.29 is 4.79 Å². The van der Waals surface area contributed by atoms with Gasteiger partial charge in [-0.05, 0) is 36.8 Å². The summed E-state index contributed by atoms with van der Waals surface area (Å²) in [6.07, 6.45) is 6.05. The Morgan fingerprint density at radius 2 is 2.00 bits per heavy atom. The molecule has 1 amide bonds. The Hall–Kier alpha value is -2.47. The number of nitrogens with zero attached hydrogens (tertiary/aromatic N) is 2. The lowest BCUT2D eigenvalue weighted by Gasteiger charge is -2.29. The second kappa shape index (κ2) is 7.87. The molecule has 4 rings (SSSR count). The molecule has 0 spiro atoms. The van der Waals surface area contributed by atoms with Crippen molar-refractivity contribution in [1.82, 2.24) is 14.9 Å². The Morgan fingerprint density at radius 3 is 2.75 bits per heavy atom. The van der Waals surface area contributed by atoms with Gasteiger partial charge in [0.15, 0.2) is 0 Å².